The summed E-state index contributed by atoms with van der Waals surface area (Å²) >= 11 is 0. The van der Waals surface area contributed by atoms with E-state index in [9.17, 15) is 4.79 Å². The van der Waals surface area contributed by atoms with E-state index in [4.69, 9.17) is 4.74 Å². The third-order valence-corrected chi connectivity index (χ3v) is 4.39. The Bertz CT molecular complexity index is 718. The molecule has 0 spiro atoms. The summed E-state index contributed by atoms with van der Waals surface area (Å²) in [5.41, 5.74) is 2.93. The van der Waals surface area contributed by atoms with Crippen LogP contribution in [0.1, 0.15) is 51.3 Å². The summed E-state index contributed by atoms with van der Waals surface area (Å²) in [6, 6.07) is 18.3. The van der Waals surface area contributed by atoms with Gasteiger partial charge in [0.2, 0.25) is 5.91 Å². The van der Waals surface area contributed by atoms with Gasteiger partial charge in [0.1, 0.15) is 12.3 Å². The molecule has 1 aliphatic rings. The van der Waals surface area contributed by atoms with Gasteiger partial charge in [-0.05, 0) is 11.6 Å². The Morgan fingerprint density at radius 3 is 2.29 bits per heavy atom. The topological polar surface area (TPSA) is 29.5 Å². The number of nitrogens with zero attached hydrogens (tertiary/aromatic N) is 1. The van der Waals surface area contributed by atoms with Crippen molar-refractivity contribution in [3.63, 3.8) is 0 Å². The van der Waals surface area contributed by atoms with Crippen molar-refractivity contribution in [3.05, 3.63) is 65.7 Å². The van der Waals surface area contributed by atoms with Crippen LogP contribution in [-0.2, 0) is 9.53 Å². The van der Waals surface area contributed by atoms with E-state index in [1.165, 1.54) is 0 Å². The molecule has 1 heterocycles. The molecule has 3 rings (SSSR count). The predicted octanol–water partition coefficient (Wildman–Crippen LogP) is 4.92. The number of benzene rings is 2. The molecule has 1 amide bonds. The van der Waals surface area contributed by atoms with E-state index < -0.39 is 0 Å². The summed E-state index contributed by atoms with van der Waals surface area (Å²) in [5, 5.41) is 0. The number of carbonyl (C=O) groups excluding carboxylic acids is 1. The van der Waals surface area contributed by atoms with Gasteiger partial charge in [-0.15, -0.1) is 0 Å². The maximum atomic E-state index is 12.7. The fourth-order valence-corrected chi connectivity index (χ4v) is 3.23. The molecule has 0 N–H and O–H groups in total. The SMILES string of the molecule is CCC(=O)N1c2ccccc2[C@H](c2ccccc2)O[C@@H]1C(C)(C)C. The van der Waals surface area contributed by atoms with Crippen LogP contribution in [0.4, 0.5) is 5.69 Å². The lowest BCUT2D eigenvalue weighted by molar-refractivity contribution is -0.127. The molecule has 126 valence electrons. The normalized spacial score (nSPS) is 20.6. The van der Waals surface area contributed by atoms with Crippen molar-refractivity contribution in [2.75, 3.05) is 4.90 Å². The minimum atomic E-state index is -0.301. The molecular formula is C21H25NO2. The third-order valence-electron chi connectivity index (χ3n) is 4.39. The molecule has 0 unspecified atom stereocenters. The summed E-state index contributed by atoms with van der Waals surface area (Å²) in [6.45, 7) is 8.24. The van der Waals surface area contributed by atoms with Gasteiger partial charge in [0.15, 0.2) is 0 Å². The van der Waals surface area contributed by atoms with Crippen molar-refractivity contribution in [3.8, 4) is 0 Å². The van der Waals surface area contributed by atoms with Crippen LogP contribution in [0.3, 0.4) is 0 Å². The molecule has 0 aliphatic carbocycles. The minimum absolute atomic E-state index is 0.0916. The lowest BCUT2D eigenvalue weighted by atomic mass is 9.88. The van der Waals surface area contributed by atoms with Crippen molar-refractivity contribution in [1.29, 1.82) is 0 Å². The second-order valence-electron chi connectivity index (χ2n) is 7.32. The van der Waals surface area contributed by atoms with Crippen LogP contribution in [0.2, 0.25) is 0 Å². The largest absolute Gasteiger partial charge is 0.345 e. The van der Waals surface area contributed by atoms with Gasteiger partial charge in [-0.3, -0.25) is 9.69 Å². The highest BCUT2D eigenvalue weighted by Gasteiger charge is 2.42. The summed E-state index contributed by atoms with van der Waals surface area (Å²) < 4.78 is 6.50. The predicted molar refractivity (Wildman–Crippen MR) is 96.8 cm³/mol. The first kappa shape index (κ1) is 16.7. The molecule has 24 heavy (non-hydrogen) atoms. The summed E-state index contributed by atoms with van der Waals surface area (Å²) in [6.07, 6.45) is -0.00196. The Kier molecular flexibility index (Phi) is 4.46. The zero-order valence-electron chi connectivity index (χ0n) is 14.8. The highest BCUT2D eigenvalue weighted by atomic mass is 16.5. The number of rotatable bonds is 2. The van der Waals surface area contributed by atoms with Gasteiger partial charge < -0.3 is 4.74 Å². The first-order valence-corrected chi connectivity index (χ1v) is 8.55. The molecule has 0 radical (unpaired) electrons. The Balaban J connectivity index is 2.16. The second-order valence-corrected chi connectivity index (χ2v) is 7.32. The number of hydrogen-bond donors (Lipinski definition) is 0. The molecule has 0 bridgehead atoms. The van der Waals surface area contributed by atoms with Crippen LogP contribution in [0.5, 0.6) is 0 Å². The fraction of sp³-hybridized carbons (Fsp3) is 0.381. The highest BCUT2D eigenvalue weighted by molar-refractivity contribution is 5.95. The molecule has 2 atom stereocenters. The monoisotopic (exact) mass is 323 g/mol. The minimum Gasteiger partial charge on any atom is -0.345 e. The van der Waals surface area contributed by atoms with Gasteiger partial charge in [0, 0.05) is 17.4 Å². The van der Waals surface area contributed by atoms with Crippen molar-refractivity contribution in [1.82, 2.24) is 0 Å². The Morgan fingerprint density at radius 2 is 1.67 bits per heavy atom. The van der Waals surface area contributed by atoms with E-state index in [-0.39, 0.29) is 23.7 Å². The van der Waals surface area contributed by atoms with Crippen molar-refractivity contribution < 1.29 is 9.53 Å². The maximum Gasteiger partial charge on any atom is 0.228 e. The Morgan fingerprint density at radius 1 is 1.04 bits per heavy atom. The average molecular weight is 323 g/mol. The Hall–Kier alpha value is -2.13. The number of ether oxygens (including phenoxy) is 1. The van der Waals surface area contributed by atoms with Gasteiger partial charge in [-0.1, -0.05) is 76.2 Å². The molecule has 3 nitrogen and oxygen atoms in total. The lowest BCUT2D eigenvalue weighted by Gasteiger charge is -2.46. The summed E-state index contributed by atoms with van der Waals surface area (Å²) in [4.78, 5) is 14.5. The lowest BCUT2D eigenvalue weighted by Crippen LogP contribution is -2.52. The molecule has 0 aromatic heterocycles. The zero-order chi connectivity index (χ0) is 17.3. The van der Waals surface area contributed by atoms with E-state index in [0.717, 1.165) is 16.8 Å². The van der Waals surface area contributed by atoms with Crippen molar-refractivity contribution in [2.24, 2.45) is 5.41 Å². The summed E-state index contributed by atoms with van der Waals surface area (Å²) in [5.74, 6) is 0.0916. The van der Waals surface area contributed by atoms with Gasteiger partial charge >= 0.3 is 0 Å². The molecule has 0 fully saturated rings. The number of para-hydroxylation sites is 1. The maximum absolute atomic E-state index is 12.7. The zero-order valence-corrected chi connectivity index (χ0v) is 14.8. The van der Waals surface area contributed by atoms with E-state index in [0.29, 0.717) is 6.42 Å². The van der Waals surface area contributed by atoms with E-state index >= 15 is 0 Å². The third kappa shape index (κ3) is 2.96. The number of fused-ring (bicyclic) bond motifs is 1. The number of amides is 1. The standard InChI is InChI=1S/C21H25NO2/c1-5-18(23)22-17-14-10-9-13-16(17)19(15-11-7-6-8-12-15)24-20(22)21(2,3)4/h6-14,19-20H,5H2,1-4H3/t19-,20+/m0/s1. The van der Waals surface area contributed by atoms with E-state index in [2.05, 4.69) is 39.0 Å². The molecule has 2 aromatic carbocycles. The van der Waals surface area contributed by atoms with Crippen LogP contribution < -0.4 is 4.90 Å². The fourth-order valence-electron chi connectivity index (χ4n) is 3.23. The van der Waals surface area contributed by atoms with Crippen LogP contribution in [-0.4, -0.2) is 12.1 Å². The van der Waals surface area contributed by atoms with Gasteiger partial charge in [0.25, 0.3) is 0 Å². The van der Waals surface area contributed by atoms with Gasteiger partial charge in [-0.25, -0.2) is 0 Å². The quantitative estimate of drug-likeness (QED) is 0.785. The van der Waals surface area contributed by atoms with Crippen LogP contribution in [0.15, 0.2) is 54.6 Å². The number of carbonyl (C=O) groups is 1. The first-order valence-electron chi connectivity index (χ1n) is 8.55. The van der Waals surface area contributed by atoms with Gasteiger partial charge in [-0.2, -0.15) is 0 Å². The molecule has 0 saturated heterocycles. The molecule has 1 aliphatic heterocycles. The number of hydrogen-bond acceptors (Lipinski definition) is 2. The second kappa shape index (κ2) is 6.40. The van der Waals surface area contributed by atoms with Gasteiger partial charge in [0.05, 0.1) is 5.69 Å². The van der Waals surface area contributed by atoms with Crippen LogP contribution >= 0.6 is 0 Å². The van der Waals surface area contributed by atoms with E-state index in [1.807, 2.05) is 48.2 Å². The van der Waals surface area contributed by atoms with Crippen molar-refractivity contribution in [2.45, 2.75) is 46.4 Å². The van der Waals surface area contributed by atoms with Crippen LogP contribution in [0.25, 0.3) is 0 Å². The average Bonchev–Trinajstić information content (AvgIpc) is 2.59. The van der Waals surface area contributed by atoms with Crippen molar-refractivity contribution >= 4 is 11.6 Å². The molecular weight excluding hydrogens is 298 g/mol. The highest BCUT2D eigenvalue weighted by Crippen LogP contribution is 2.44. The molecule has 3 heteroatoms. The molecule has 0 saturated carbocycles. The Labute approximate surface area is 144 Å². The number of anilines is 1. The smallest absolute Gasteiger partial charge is 0.228 e. The summed E-state index contributed by atoms with van der Waals surface area (Å²) in [7, 11) is 0. The van der Waals surface area contributed by atoms with E-state index in [1.54, 1.807) is 0 Å². The van der Waals surface area contributed by atoms with Crippen LogP contribution in [0, 0.1) is 5.41 Å². The first-order chi connectivity index (χ1) is 11.4. The molecule has 2 aromatic rings.